The Labute approximate surface area is 147 Å². The first-order valence-electron chi connectivity index (χ1n) is 7.47. The predicted molar refractivity (Wildman–Crippen MR) is 95.5 cm³/mol. The molecule has 0 aliphatic heterocycles. The fourth-order valence-electron chi connectivity index (χ4n) is 2.68. The molecule has 5 nitrogen and oxygen atoms in total. The average molecular weight is 354 g/mol. The SMILES string of the molecule is O=c1[nH]c2cc(Cl)ccc2c(O)c1-c1cccc(Oc2ccoc2)c1. The second-order valence-corrected chi connectivity index (χ2v) is 5.89. The Kier molecular flexibility index (Phi) is 3.71. The summed E-state index contributed by atoms with van der Waals surface area (Å²) in [5.74, 6) is 0.966. The van der Waals surface area contributed by atoms with Gasteiger partial charge in [0.25, 0.3) is 5.56 Å². The number of furan rings is 1. The van der Waals surface area contributed by atoms with Gasteiger partial charge < -0.3 is 19.2 Å². The van der Waals surface area contributed by atoms with E-state index >= 15 is 0 Å². The van der Waals surface area contributed by atoms with Crippen molar-refractivity contribution in [3.05, 3.63) is 76.4 Å². The molecule has 2 aromatic heterocycles. The first kappa shape index (κ1) is 15.4. The molecule has 0 aliphatic carbocycles. The van der Waals surface area contributed by atoms with Crippen LogP contribution in [0.25, 0.3) is 22.0 Å². The third-order valence-electron chi connectivity index (χ3n) is 3.80. The molecule has 0 bridgehead atoms. The standard InChI is InChI=1S/C19H12ClNO4/c20-12-4-5-15-16(9-12)21-19(23)17(18(15)22)11-2-1-3-13(8-11)25-14-6-7-24-10-14/h1-10H,(H2,21,22,23). The molecule has 0 fully saturated rings. The molecule has 2 heterocycles. The van der Waals surface area contributed by atoms with Crippen LogP contribution >= 0.6 is 11.6 Å². The van der Waals surface area contributed by atoms with Crippen molar-refractivity contribution in [3.63, 3.8) is 0 Å². The van der Waals surface area contributed by atoms with Gasteiger partial charge in [-0.3, -0.25) is 4.79 Å². The van der Waals surface area contributed by atoms with E-state index in [4.69, 9.17) is 20.8 Å². The van der Waals surface area contributed by atoms with Gasteiger partial charge in [0.15, 0.2) is 5.75 Å². The Morgan fingerprint density at radius 3 is 2.76 bits per heavy atom. The van der Waals surface area contributed by atoms with E-state index in [1.54, 1.807) is 48.5 Å². The Morgan fingerprint density at radius 2 is 1.96 bits per heavy atom. The molecule has 0 radical (unpaired) electrons. The Morgan fingerprint density at radius 1 is 1.08 bits per heavy atom. The Bertz CT molecular complexity index is 1120. The third kappa shape index (κ3) is 2.86. The highest BCUT2D eigenvalue weighted by Gasteiger charge is 2.15. The molecule has 0 amide bonds. The van der Waals surface area contributed by atoms with Crippen LogP contribution < -0.4 is 10.3 Å². The van der Waals surface area contributed by atoms with E-state index < -0.39 is 5.56 Å². The zero-order valence-electron chi connectivity index (χ0n) is 12.8. The molecule has 2 N–H and O–H groups in total. The number of aromatic nitrogens is 1. The van der Waals surface area contributed by atoms with Gasteiger partial charge in [-0.2, -0.15) is 0 Å². The number of nitrogens with one attached hydrogen (secondary N) is 1. The van der Waals surface area contributed by atoms with Gasteiger partial charge >= 0.3 is 0 Å². The van der Waals surface area contributed by atoms with Crippen molar-refractivity contribution in [3.8, 4) is 28.4 Å². The molecule has 6 heteroatoms. The lowest BCUT2D eigenvalue weighted by Crippen LogP contribution is -2.09. The summed E-state index contributed by atoms with van der Waals surface area (Å²) < 4.78 is 10.6. The predicted octanol–water partition coefficient (Wildman–Crippen LogP) is 4.94. The van der Waals surface area contributed by atoms with Crippen LogP contribution in [0.2, 0.25) is 5.02 Å². The summed E-state index contributed by atoms with van der Waals surface area (Å²) in [5, 5.41) is 11.6. The summed E-state index contributed by atoms with van der Waals surface area (Å²) in [6.45, 7) is 0. The molecular formula is C19H12ClNO4. The van der Waals surface area contributed by atoms with Crippen molar-refractivity contribution in [1.29, 1.82) is 0 Å². The van der Waals surface area contributed by atoms with Crippen LogP contribution in [0.1, 0.15) is 0 Å². The highest BCUT2D eigenvalue weighted by molar-refractivity contribution is 6.31. The molecule has 124 valence electrons. The molecule has 0 aliphatic rings. The van der Waals surface area contributed by atoms with Crippen LogP contribution in [0.5, 0.6) is 17.2 Å². The number of rotatable bonds is 3. The summed E-state index contributed by atoms with van der Waals surface area (Å²) in [7, 11) is 0. The maximum Gasteiger partial charge on any atom is 0.260 e. The first-order chi connectivity index (χ1) is 12.1. The van der Waals surface area contributed by atoms with Crippen LogP contribution in [0.4, 0.5) is 0 Å². The number of hydrogen-bond acceptors (Lipinski definition) is 4. The second-order valence-electron chi connectivity index (χ2n) is 5.46. The number of benzene rings is 2. The lowest BCUT2D eigenvalue weighted by atomic mass is 10.0. The van der Waals surface area contributed by atoms with Crippen LogP contribution in [-0.4, -0.2) is 10.1 Å². The van der Waals surface area contributed by atoms with E-state index in [2.05, 4.69) is 4.98 Å². The van der Waals surface area contributed by atoms with Gasteiger partial charge in [-0.25, -0.2) is 0 Å². The van der Waals surface area contributed by atoms with Crippen molar-refractivity contribution >= 4 is 22.5 Å². The summed E-state index contributed by atoms with van der Waals surface area (Å²) in [5.41, 5.74) is 0.779. The minimum Gasteiger partial charge on any atom is -0.506 e. The molecule has 0 unspecified atom stereocenters. The van der Waals surface area contributed by atoms with E-state index in [9.17, 15) is 9.90 Å². The van der Waals surface area contributed by atoms with Crippen LogP contribution in [0.3, 0.4) is 0 Å². The van der Waals surface area contributed by atoms with Gasteiger partial charge in [0.2, 0.25) is 0 Å². The Balaban J connectivity index is 1.84. The number of pyridine rings is 1. The minimum atomic E-state index is -0.410. The maximum atomic E-state index is 12.5. The molecule has 4 aromatic rings. The van der Waals surface area contributed by atoms with Crippen molar-refractivity contribution < 1.29 is 14.3 Å². The van der Waals surface area contributed by atoms with Crippen molar-refractivity contribution in [2.45, 2.75) is 0 Å². The second kappa shape index (κ2) is 6.03. The van der Waals surface area contributed by atoms with Crippen LogP contribution in [0, 0.1) is 0 Å². The molecule has 4 rings (SSSR count). The minimum absolute atomic E-state index is 0.101. The summed E-state index contributed by atoms with van der Waals surface area (Å²) in [6, 6.07) is 13.5. The Hall–Kier alpha value is -3.18. The summed E-state index contributed by atoms with van der Waals surface area (Å²) >= 11 is 5.94. The maximum absolute atomic E-state index is 12.5. The van der Waals surface area contributed by atoms with E-state index in [0.717, 1.165) is 0 Å². The molecule has 0 saturated heterocycles. The summed E-state index contributed by atoms with van der Waals surface area (Å²) in [6.07, 6.45) is 2.97. The smallest absolute Gasteiger partial charge is 0.260 e. The molecule has 2 aromatic carbocycles. The quantitative estimate of drug-likeness (QED) is 0.547. The van der Waals surface area contributed by atoms with Gasteiger partial charge in [-0.05, 0) is 35.9 Å². The van der Waals surface area contributed by atoms with E-state index in [-0.39, 0.29) is 11.3 Å². The van der Waals surface area contributed by atoms with E-state index in [0.29, 0.717) is 33.0 Å². The number of aromatic hydroxyl groups is 1. The fraction of sp³-hybridized carbons (Fsp3) is 0. The zero-order chi connectivity index (χ0) is 17.4. The largest absolute Gasteiger partial charge is 0.506 e. The lowest BCUT2D eigenvalue weighted by Gasteiger charge is -2.09. The average Bonchev–Trinajstić information content (AvgIpc) is 3.08. The first-order valence-corrected chi connectivity index (χ1v) is 7.84. The van der Waals surface area contributed by atoms with Gasteiger partial charge in [0, 0.05) is 16.5 Å². The van der Waals surface area contributed by atoms with Crippen molar-refractivity contribution in [2.75, 3.05) is 0 Å². The summed E-state index contributed by atoms with van der Waals surface area (Å²) in [4.78, 5) is 15.2. The zero-order valence-corrected chi connectivity index (χ0v) is 13.6. The highest BCUT2D eigenvalue weighted by atomic mass is 35.5. The van der Waals surface area contributed by atoms with E-state index in [1.807, 2.05) is 0 Å². The van der Waals surface area contributed by atoms with Gasteiger partial charge in [0.05, 0.1) is 17.3 Å². The highest BCUT2D eigenvalue weighted by Crippen LogP contribution is 2.34. The number of H-pyrrole nitrogens is 1. The molecular weight excluding hydrogens is 342 g/mol. The number of ether oxygens (including phenoxy) is 1. The van der Waals surface area contributed by atoms with Crippen molar-refractivity contribution in [1.82, 2.24) is 4.98 Å². The normalized spacial score (nSPS) is 10.9. The molecule has 0 spiro atoms. The third-order valence-corrected chi connectivity index (χ3v) is 4.04. The van der Waals surface area contributed by atoms with Gasteiger partial charge in [-0.1, -0.05) is 23.7 Å². The molecule has 0 saturated carbocycles. The molecule has 25 heavy (non-hydrogen) atoms. The number of fused-ring (bicyclic) bond motifs is 1. The van der Waals surface area contributed by atoms with Crippen molar-refractivity contribution in [2.24, 2.45) is 0 Å². The fourth-order valence-corrected chi connectivity index (χ4v) is 2.85. The number of hydrogen-bond donors (Lipinski definition) is 2. The topological polar surface area (TPSA) is 75.5 Å². The molecule has 0 atom stereocenters. The van der Waals surface area contributed by atoms with Gasteiger partial charge in [0.1, 0.15) is 17.8 Å². The number of halogens is 1. The van der Waals surface area contributed by atoms with Crippen LogP contribution in [-0.2, 0) is 0 Å². The monoisotopic (exact) mass is 353 g/mol. The lowest BCUT2D eigenvalue weighted by molar-refractivity contribution is 0.466. The van der Waals surface area contributed by atoms with Gasteiger partial charge in [-0.15, -0.1) is 0 Å². The number of aromatic amines is 1. The van der Waals surface area contributed by atoms with E-state index in [1.165, 1.54) is 12.5 Å². The van der Waals surface area contributed by atoms with Crippen LogP contribution in [0.15, 0.2) is 70.3 Å².